The van der Waals surface area contributed by atoms with Crippen LogP contribution in [-0.2, 0) is 25.2 Å². The van der Waals surface area contributed by atoms with Crippen LogP contribution in [0.1, 0.15) is 32.6 Å². The van der Waals surface area contributed by atoms with Gasteiger partial charge in [0.15, 0.2) is 0 Å². The monoisotopic (exact) mass is 425 g/mol. The largest absolute Gasteiger partial charge is 0.417 e. The number of halogens is 7. The van der Waals surface area contributed by atoms with E-state index in [0.717, 1.165) is 18.2 Å². The van der Waals surface area contributed by atoms with E-state index in [1.807, 2.05) is 0 Å². The summed E-state index contributed by atoms with van der Waals surface area (Å²) in [5, 5.41) is 0. The summed E-state index contributed by atoms with van der Waals surface area (Å²) in [6, 6.07) is 2.80. The molecule has 0 amide bonds. The molecule has 25 heavy (non-hydrogen) atoms. The molecule has 0 atom stereocenters. The highest BCUT2D eigenvalue weighted by Gasteiger charge is 2.34. The van der Waals surface area contributed by atoms with Crippen LogP contribution >= 0.6 is 15.9 Å². The van der Waals surface area contributed by atoms with Crippen LogP contribution < -0.4 is 0 Å². The third kappa shape index (κ3) is 4.81. The topological polar surface area (TPSA) is 30.0 Å². The van der Waals surface area contributed by atoms with Crippen molar-refractivity contribution in [3.8, 4) is 0 Å². The Kier molecular flexibility index (Phi) is 5.55. The van der Waals surface area contributed by atoms with Crippen molar-refractivity contribution in [2.75, 3.05) is 0 Å². The second-order valence-corrected chi connectivity index (χ2v) is 6.08. The van der Waals surface area contributed by atoms with E-state index >= 15 is 0 Å². The van der Waals surface area contributed by atoms with Gasteiger partial charge in [0.2, 0.25) is 0 Å². The molecule has 2 nitrogen and oxygen atoms in total. The first kappa shape index (κ1) is 19.4. The van der Waals surface area contributed by atoms with Crippen LogP contribution in [0.3, 0.4) is 0 Å². The van der Waals surface area contributed by atoms with E-state index < -0.39 is 23.5 Å². The fourth-order valence-corrected chi connectivity index (χ4v) is 2.85. The summed E-state index contributed by atoms with van der Waals surface area (Å²) in [5.74, 6) is 0. The first-order valence-electron chi connectivity index (χ1n) is 6.88. The molecule has 0 aliphatic heterocycles. The quantitative estimate of drug-likeness (QED) is 0.479. The summed E-state index contributed by atoms with van der Waals surface area (Å²) in [4.78, 5) is 14.6. The molecule has 0 aliphatic rings. The predicted molar refractivity (Wildman–Crippen MR) is 81.2 cm³/mol. The van der Waals surface area contributed by atoms with E-state index in [9.17, 15) is 31.1 Å². The first-order valence-corrected chi connectivity index (χ1v) is 7.67. The fraction of sp³-hybridized carbons (Fsp3) is 0.250. The summed E-state index contributed by atoms with van der Waals surface area (Å²) < 4.78 is 76.3. The summed E-state index contributed by atoms with van der Waals surface area (Å²) in [7, 11) is 0. The van der Waals surface area contributed by atoms with Gasteiger partial charge in [0.05, 0.1) is 11.1 Å². The zero-order chi connectivity index (χ0) is 18.8. The van der Waals surface area contributed by atoms with Gasteiger partial charge in [-0.05, 0) is 42.2 Å². The molecule has 2 aromatic rings. The van der Waals surface area contributed by atoms with Crippen molar-refractivity contribution < 1.29 is 31.1 Å². The van der Waals surface area contributed by atoms with Gasteiger partial charge >= 0.3 is 12.4 Å². The van der Waals surface area contributed by atoms with E-state index in [1.54, 1.807) is 0 Å². The Labute approximate surface area is 147 Å². The minimum Gasteiger partial charge on any atom is -0.298 e. The number of rotatable bonds is 4. The van der Waals surface area contributed by atoms with Crippen molar-refractivity contribution in [1.82, 2.24) is 4.98 Å². The summed E-state index contributed by atoms with van der Waals surface area (Å²) in [6.07, 6.45) is -6.75. The van der Waals surface area contributed by atoms with E-state index in [2.05, 4.69) is 20.9 Å². The molecule has 0 spiro atoms. The number of carbonyl (C=O) groups excluding carboxylic acids is 1. The molecule has 0 unspecified atom stereocenters. The van der Waals surface area contributed by atoms with Crippen LogP contribution in [0.25, 0.3) is 0 Å². The molecule has 0 radical (unpaired) electrons. The van der Waals surface area contributed by atoms with Gasteiger partial charge in [-0.2, -0.15) is 26.3 Å². The van der Waals surface area contributed by atoms with E-state index in [4.69, 9.17) is 0 Å². The molecule has 134 valence electrons. The highest BCUT2D eigenvalue weighted by atomic mass is 79.9. The van der Waals surface area contributed by atoms with Gasteiger partial charge in [0.1, 0.15) is 6.29 Å². The standard InChI is InChI=1S/C16H10BrF6NO/c17-14-5-10(11(8-25)4-13(14)16(21,22)23)2-1-9-3-12(7-24-6-9)15(18,19)20/h3-8H,1-2H2. The normalized spacial score (nSPS) is 12.3. The average Bonchev–Trinajstić information content (AvgIpc) is 2.51. The fourth-order valence-electron chi connectivity index (χ4n) is 2.23. The van der Waals surface area contributed by atoms with Crippen molar-refractivity contribution in [2.24, 2.45) is 0 Å². The maximum atomic E-state index is 12.8. The SMILES string of the molecule is O=Cc1cc(C(F)(F)F)c(Br)cc1CCc1cncc(C(F)(F)F)c1. The Hall–Kier alpha value is -1.90. The van der Waals surface area contributed by atoms with Gasteiger partial charge in [0.25, 0.3) is 0 Å². The van der Waals surface area contributed by atoms with Gasteiger partial charge in [-0.25, -0.2) is 0 Å². The summed E-state index contributed by atoms with van der Waals surface area (Å²) in [5.41, 5.74) is -1.49. The van der Waals surface area contributed by atoms with E-state index in [1.165, 1.54) is 6.20 Å². The molecular formula is C16H10BrF6NO. The molecule has 0 bridgehead atoms. The predicted octanol–water partition coefficient (Wildman–Crippen LogP) is 5.48. The third-order valence-electron chi connectivity index (χ3n) is 3.47. The van der Waals surface area contributed by atoms with Crippen LogP contribution in [0.2, 0.25) is 0 Å². The van der Waals surface area contributed by atoms with Crippen LogP contribution in [0.5, 0.6) is 0 Å². The van der Waals surface area contributed by atoms with Gasteiger partial charge < -0.3 is 0 Å². The molecule has 0 saturated heterocycles. The van der Waals surface area contributed by atoms with Crippen LogP contribution in [-0.4, -0.2) is 11.3 Å². The lowest BCUT2D eigenvalue weighted by molar-refractivity contribution is -0.138. The number of alkyl halides is 6. The number of aryl methyl sites for hydroxylation is 2. The van der Waals surface area contributed by atoms with E-state index in [-0.39, 0.29) is 28.4 Å². The second kappa shape index (κ2) is 7.15. The smallest absolute Gasteiger partial charge is 0.298 e. The second-order valence-electron chi connectivity index (χ2n) is 5.23. The number of hydrogen-bond acceptors (Lipinski definition) is 2. The molecule has 9 heteroatoms. The molecule has 1 aromatic heterocycles. The molecular weight excluding hydrogens is 416 g/mol. The Bertz CT molecular complexity index is 785. The Morgan fingerprint density at radius 3 is 2.20 bits per heavy atom. The van der Waals surface area contributed by atoms with Crippen molar-refractivity contribution in [2.45, 2.75) is 25.2 Å². The molecule has 2 rings (SSSR count). The lowest BCUT2D eigenvalue weighted by Gasteiger charge is -2.13. The number of nitrogens with zero attached hydrogens (tertiary/aromatic N) is 1. The lowest BCUT2D eigenvalue weighted by atomic mass is 9.98. The highest BCUT2D eigenvalue weighted by molar-refractivity contribution is 9.10. The number of benzene rings is 1. The van der Waals surface area contributed by atoms with Crippen LogP contribution in [0.15, 0.2) is 35.1 Å². The minimum atomic E-state index is -4.62. The number of aldehydes is 1. The average molecular weight is 426 g/mol. The highest BCUT2D eigenvalue weighted by Crippen LogP contribution is 2.36. The maximum Gasteiger partial charge on any atom is 0.417 e. The number of pyridine rings is 1. The number of aromatic nitrogens is 1. The molecule has 0 saturated carbocycles. The van der Waals surface area contributed by atoms with Gasteiger partial charge in [-0.1, -0.05) is 15.9 Å². The Balaban J connectivity index is 2.27. The molecule has 0 N–H and O–H groups in total. The van der Waals surface area contributed by atoms with Crippen LogP contribution in [0, 0.1) is 0 Å². The first-order chi connectivity index (χ1) is 11.5. The minimum absolute atomic E-state index is 0.0911. The lowest BCUT2D eigenvalue weighted by Crippen LogP contribution is -2.09. The Morgan fingerprint density at radius 1 is 0.960 bits per heavy atom. The third-order valence-corrected chi connectivity index (χ3v) is 4.12. The van der Waals surface area contributed by atoms with Crippen molar-refractivity contribution >= 4 is 22.2 Å². The van der Waals surface area contributed by atoms with Gasteiger partial charge in [-0.15, -0.1) is 0 Å². The number of carbonyl (C=O) groups is 1. The van der Waals surface area contributed by atoms with E-state index in [0.29, 0.717) is 18.0 Å². The number of hydrogen-bond donors (Lipinski definition) is 0. The van der Waals surface area contributed by atoms with Gasteiger partial charge in [0, 0.05) is 22.4 Å². The zero-order valence-corrected chi connectivity index (χ0v) is 14.0. The molecule has 1 heterocycles. The van der Waals surface area contributed by atoms with Gasteiger partial charge in [-0.3, -0.25) is 9.78 Å². The van der Waals surface area contributed by atoms with Crippen molar-refractivity contribution in [1.29, 1.82) is 0 Å². The maximum absolute atomic E-state index is 12.8. The van der Waals surface area contributed by atoms with Crippen LogP contribution in [0.4, 0.5) is 26.3 Å². The molecule has 0 fully saturated rings. The molecule has 0 aliphatic carbocycles. The summed E-state index contributed by atoms with van der Waals surface area (Å²) >= 11 is 2.81. The zero-order valence-electron chi connectivity index (χ0n) is 12.4. The Morgan fingerprint density at radius 2 is 1.64 bits per heavy atom. The summed E-state index contributed by atoms with van der Waals surface area (Å²) in [6.45, 7) is 0. The van der Waals surface area contributed by atoms with Crippen molar-refractivity contribution in [3.63, 3.8) is 0 Å². The van der Waals surface area contributed by atoms with Crippen molar-refractivity contribution in [3.05, 3.63) is 62.9 Å². The molecule has 1 aromatic carbocycles.